The minimum atomic E-state index is -2.87. The predicted molar refractivity (Wildman–Crippen MR) is 70.5 cm³/mol. The second kappa shape index (κ2) is 8.07. The molecule has 16 heavy (non-hydrogen) atoms. The Hall–Kier alpha value is -0.0900. The van der Waals surface area contributed by atoms with Crippen LogP contribution in [-0.4, -0.2) is 32.5 Å². The number of sulfone groups is 1. The van der Waals surface area contributed by atoms with Crippen LogP contribution in [0.2, 0.25) is 0 Å². The molecule has 0 saturated carbocycles. The summed E-state index contributed by atoms with van der Waals surface area (Å²) in [7, 11) is -2.87. The minimum Gasteiger partial charge on any atom is -0.313 e. The molecule has 3 nitrogen and oxygen atoms in total. The topological polar surface area (TPSA) is 46.2 Å². The van der Waals surface area contributed by atoms with Crippen molar-refractivity contribution in [1.29, 1.82) is 0 Å². The molecule has 0 amide bonds. The summed E-state index contributed by atoms with van der Waals surface area (Å²) in [6, 6.07) is 0.457. The zero-order valence-corrected chi connectivity index (χ0v) is 11.9. The lowest BCUT2D eigenvalue weighted by molar-refractivity contribution is 0.495. The molecule has 0 aromatic rings. The van der Waals surface area contributed by atoms with Gasteiger partial charge in [-0.1, -0.05) is 34.1 Å². The Balaban J connectivity index is 3.91. The molecule has 0 fully saturated rings. The quantitative estimate of drug-likeness (QED) is 0.681. The Kier molecular flexibility index (Phi) is 8.02. The summed E-state index contributed by atoms with van der Waals surface area (Å²) < 4.78 is 23.4. The molecule has 0 spiro atoms. The monoisotopic (exact) mass is 249 g/mol. The van der Waals surface area contributed by atoms with Crippen LogP contribution in [0.4, 0.5) is 0 Å². The normalized spacial score (nSPS) is 14.3. The first kappa shape index (κ1) is 15.9. The molecule has 0 radical (unpaired) electrons. The van der Waals surface area contributed by atoms with Gasteiger partial charge in [-0.3, -0.25) is 0 Å². The Labute approximate surface area is 101 Å². The van der Waals surface area contributed by atoms with E-state index in [1.165, 1.54) is 0 Å². The third-order valence-electron chi connectivity index (χ3n) is 3.07. The highest BCUT2D eigenvalue weighted by Crippen LogP contribution is 2.05. The molecule has 1 N–H and O–H groups in total. The van der Waals surface area contributed by atoms with Gasteiger partial charge in [-0.05, 0) is 18.8 Å². The van der Waals surface area contributed by atoms with Crippen LogP contribution in [0.15, 0.2) is 0 Å². The van der Waals surface area contributed by atoms with Gasteiger partial charge in [0.05, 0.1) is 11.5 Å². The van der Waals surface area contributed by atoms with Crippen molar-refractivity contribution < 1.29 is 8.42 Å². The molecule has 98 valence electrons. The van der Waals surface area contributed by atoms with E-state index >= 15 is 0 Å². The predicted octanol–water partition coefficient (Wildman–Crippen LogP) is 2.23. The average molecular weight is 249 g/mol. The summed E-state index contributed by atoms with van der Waals surface area (Å²) in [5.74, 6) is 0.875. The Morgan fingerprint density at radius 3 is 2.06 bits per heavy atom. The maximum Gasteiger partial charge on any atom is 0.151 e. The van der Waals surface area contributed by atoms with Crippen LogP contribution in [0.1, 0.15) is 47.0 Å². The van der Waals surface area contributed by atoms with Crippen molar-refractivity contribution in [3.63, 3.8) is 0 Å². The van der Waals surface area contributed by atoms with Crippen molar-refractivity contribution in [1.82, 2.24) is 5.32 Å². The second-order valence-corrected chi connectivity index (χ2v) is 6.82. The van der Waals surface area contributed by atoms with Gasteiger partial charge >= 0.3 is 0 Å². The van der Waals surface area contributed by atoms with Crippen molar-refractivity contribution in [3.8, 4) is 0 Å². The van der Waals surface area contributed by atoms with Crippen molar-refractivity contribution >= 4 is 9.84 Å². The highest BCUT2D eigenvalue weighted by atomic mass is 32.2. The van der Waals surface area contributed by atoms with Crippen molar-refractivity contribution in [3.05, 3.63) is 0 Å². The highest BCUT2D eigenvalue weighted by Gasteiger charge is 2.14. The Morgan fingerprint density at radius 1 is 1.06 bits per heavy atom. The number of rotatable bonds is 9. The van der Waals surface area contributed by atoms with E-state index in [2.05, 4.69) is 19.2 Å². The van der Waals surface area contributed by atoms with Crippen LogP contribution in [-0.2, 0) is 9.84 Å². The van der Waals surface area contributed by atoms with Gasteiger partial charge in [0, 0.05) is 12.6 Å². The molecule has 0 aliphatic rings. The molecule has 0 aromatic heterocycles. The van der Waals surface area contributed by atoms with Crippen LogP contribution in [0, 0.1) is 5.92 Å². The minimum absolute atomic E-state index is 0.272. The summed E-state index contributed by atoms with van der Waals surface area (Å²) in [6.45, 7) is 8.85. The SMILES string of the molecule is CCC(C)CS(=O)(=O)CCNC(CC)CC. The number of hydrogen-bond donors (Lipinski definition) is 1. The largest absolute Gasteiger partial charge is 0.313 e. The summed E-state index contributed by atoms with van der Waals surface area (Å²) in [5.41, 5.74) is 0. The summed E-state index contributed by atoms with van der Waals surface area (Å²) in [5, 5.41) is 3.29. The lowest BCUT2D eigenvalue weighted by atomic mass is 10.2. The summed E-state index contributed by atoms with van der Waals surface area (Å²) in [4.78, 5) is 0. The molecule has 1 unspecified atom stereocenters. The third-order valence-corrected chi connectivity index (χ3v) is 4.97. The van der Waals surface area contributed by atoms with Gasteiger partial charge in [0.2, 0.25) is 0 Å². The van der Waals surface area contributed by atoms with Crippen molar-refractivity contribution in [2.45, 2.75) is 53.0 Å². The van der Waals surface area contributed by atoms with E-state index in [9.17, 15) is 8.42 Å². The lowest BCUT2D eigenvalue weighted by Crippen LogP contribution is -2.33. The molecule has 0 rings (SSSR count). The zero-order chi connectivity index (χ0) is 12.6. The van der Waals surface area contributed by atoms with Crippen molar-refractivity contribution in [2.24, 2.45) is 5.92 Å². The smallest absolute Gasteiger partial charge is 0.151 e. The average Bonchev–Trinajstić information content (AvgIpc) is 2.23. The molecule has 0 aliphatic heterocycles. The molecule has 0 heterocycles. The standard InChI is InChI=1S/C12H27NO2S/c1-5-11(4)10-16(14,15)9-8-13-12(6-2)7-3/h11-13H,5-10H2,1-4H3. The first-order valence-electron chi connectivity index (χ1n) is 6.38. The van der Waals surface area contributed by atoms with E-state index < -0.39 is 9.84 Å². The highest BCUT2D eigenvalue weighted by molar-refractivity contribution is 7.91. The van der Waals surface area contributed by atoms with Crippen LogP contribution >= 0.6 is 0 Å². The maximum atomic E-state index is 11.7. The fourth-order valence-corrected chi connectivity index (χ4v) is 3.33. The molecule has 1 atom stereocenters. The number of hydrogen-bond acceptors (Lipinski definition) is 3. The summed E-state index contributed by atoms with van der Waals surface area (Å²) >= 11 is 0. The molecule has 0 bridgehead atoms. The van der Waals surface area contributed by atoms with E-state index in [1.54, 1.807) is 0 Å². The lowest BCUT2D eigenvalue weighted by Gasteiger charge is -2.15. The molecule has 0 aromatic carbocycles. The van der Waals surface area contributed by atoms with E-state index in [4.69, 9.17) is 0 Å². The first-order chi connectivity index (χ1) is 7.45. The fourth-order valence-electron chi connectivity index (χ4n) is 1.63. The molecule has 4 heteroatoms. The van der Waals surface area contributed by atoms with Crippen molar-refractivity contribution in [2.75, 3.05) is 18.1 Å². The number of nitrogens with one attached hydrogen (secondary N) is 1. The molecular weight excluding hydrogens is 222 g/mol. The van der Waals surface area contributed by atoms with Gasteiger partial charge < -0.3 is 5.32 Å². The van der Waals surface area contributed by atoms with Gasteiger partial charge in [0.1, 0.15) is 0 Å². The summed E-state index contributed by atoms with van der Waals surface area (Å²) in [6.07, 6.45) is 3.04. The Bertz CT molecular complexity index is 258. The van der Waals surface area contributed by atoms with E-state index in [0.29, 0.717) is 18.3 Å². The van der Waals surface area contributed by atoms with E-state index in [1.807, 2.05) is 13.8 Å². The molecular formula is C12H27NO2S. The first-order valence-corrected chi connectivity index (χ1v) is 8.21. The van der Waals surface area contributed by atoms with Crippen LogP contribution in [0.5, 0.6) is 0 Å². The van der Waals surface area contributed by atoms with E-state index in [-0.39, 0.29) is 11.7 Å². The van der Waals surface area contributed by atoms with Gasteiger partial charge in [0.25, 0.3) is 0 Å². The van der Waals surface area contributed by atoms with Crippen LogP contribution in [0.25, 0.3) is 0 Å². The third kappa shape index (κ3) is 7.23. The van der Waals surface area contributed by atoms with Gasteiger partial charge in [-0.15, -0.1) is 0 Å². The fraction of sp³-hybridized carbons (Fsp3) is 1.00. The van der Waals surface area contributed by atoms with Gasteiger partial charge in [-0.25, -0.2) is 8.42 Å². The maximum absolute atomic E-state index is 11.7. The Morgan fingerprint density at radius 2 is 1.62 bits per heavy atom. The van der Waals surface area contributed by atoms with Gasteiger partial charge in [-0.2, -0.15) is 0 Å². The van der Waals surface area contributed by atoms with Gasteiger partial charge in [0.15, 0.2) is 9.84 Å². The van der Waals surface area contributed by atoms with Crippen LogP contribution in [0.3, 0.4) is 0 Å². The van der Waals surface area contributed by atoms with Crippen LogP contribution < -0.4 is 5.32 Å². The van der Waals surface area contributed by atoms with E-state index in [0.717, 1.165) is 19.3 Å². The zero-order valence-electron chi connectivity index (χ0n) is 11.1. The molecule has 0 aliphatic carbocycles. The second-order valence-electron chi connectivity index (χ2n) is 4.60. The molecule has 0 saturated heterocycles.